The van der Waals surface area contributed by atoms with Crippen LogP contribution in [0, 0.1) is 5.92 Å². The normalized spacial score (nSPS) is 13.0. The fourth-order valence-electron chi connectivity index (χ4n) is 7.10. The predicted octanol–water partition coefficient (Wildman–Crippen LogP) is 13.3. The number of hydrogen-bond acceptors (Lipinski definition) is 0. The number of benzene rings is 1. The smallest absolute Gasteiger partial charge is 0.241 e. The first-order valence-corrected chi connectivity index (χ1v) is 19.4. The molecule has 1 heterocycles. The third kappa shape index (κ3) is 20.2. The average molecular weight is 594 g/mol. The topological polar surface area (TPSA) is 19.7 Å². The molecule has 0 bridgehead atoms. The van der Waals surface area contributed by atoms with Crippen LogP contribution in [0.4, 0.5) is 0 Å². The second kappa shape index (κ2) is 27.9. The Balaban J connectivity index is 1.66. The maximum atomic E-state index is 3.35. The van der Waals surface area contributed by atoms with Crippen molar-refractivity contribution in [2.75, 3.05) is 0 Å². The molecular formula is C41H73N2+. The van der Waals surface area contributed by atoms with Gasteiger partial charge in [-0.3, -0.25) is 4.98 Å². The fraction of sp³-hybridized carbons (Fsp3) is 0.780. The zero-order valence-electron chi connectivity index (χ0n) is 29.0. The number of hydrogen-bond donors (Lipinski definition) is 1. The van der Waals surface area contributed by atoms with Crippen LogP contribution in [-0.4, -0.2) is 4.98 Å². The van der Waals surface area contributed by atoms with Gasteiger partial charge in [0.15, 0.2) is 0 Å². The minimum atomic E-state index is 0.604. The molecule has 2 atom stereocenters. The molecule has 1 aromatic carbocycles. The molecule has 0 spiro atoms. The number of unbranched alkanes of at least 4 members (excludes halogenated alkanes) is 23. The van der Waals surface area contributed by atoms with E-state index >= 15 is 0 Å². The summed E-state index contributed by atoms with van der Waals surface area (Å²) in [6, 6.07) is 11.9. The van der Waals surface area contributed by atoms with Gasteiger partial charge in [0, 0.05) is 5.92 Å². The minimum Gasteiger partial charge on any atom is -0.250 e. The van der Waals surface area contributed by atoms with Crippen LogP contribution in [0.1, 0.15) is 199 Å². The van der Waals surface area contributed by atoms with Crippen LogP contribution in [-0.2, 0) is 6.42 Å². The zero-order chi connectivity index (χ0) is 30.5. The van der Waals surface area contributed by atoms with Gasteiger partial charge < -0.3 is 0 Å². The number of H-pyrrole nitrogens is 1. The summed E-state index contributed by atoms with van der Waals surface area (Å²) < 4.78 is 2.51. The highest BCUT2D eigenvalue weighted by molar-refractivity contribution is 5.15. The Morgan fingerprint density at radius 1 is 0.512 bits per heavy atom. The molecule has 43 heavy (non-hydrogen) atoms. The lowest BCUT2D eigenvalue weighted by atomic mass is 9.84. The highest BCUT2D eigenvalue weighted by atomic mass is 15.1. The molecule has 0 saturated heterocycles. The van der Waals surface area contributed by atoms with Crippen molar-refractivity contribution in [1.29, 1.82) is 0 Å². The number of nitrogens with zero attached hydrogens (tertiary/aromatic N) is 1. The number of imidazole rings is 1. The third-order valence-corrected chi connectivity index (χ3v) is 9.87. The Bertz CT molecular complexity index is 798. The fourth-order valence-corrected chi connectivity index (χ4v) is 7.10. The van der Waals surface area contributed by atoms with E-state index in [1.807, 2.05) is 0 Å². The van der Waals surface area contributed by atoms with E-state index in [1.54, 1.807) is 0 Å². The van der Waals surface area contributed by atoms with Crippen LogP contribution >= 0.6 is 0 Å². The van der Waals surface area contributed by atoms with Crippen LogP contribution in [0.25, 0.3) is 0 Å². The van der Waals surface area contributed by atoms with Gasteiger partial charge in [-0.2, -0.15) is 0 Å². The molecular weight excluding hydrogens is 520 g/mol. The molecule has 2 aromatic rings. The molecule has 0 saturated carbocycles. The first-order chi connectivity index (χ1) is 21.3. The Labute approximate surface area is 269 Å². The highest BCUT2D eigenvalue weighted by Gasteiger charge is 2.26. The molecule has 2 heteroatoms. The van der Waals surface area contributed by atoms with Crippen molar-refractivity contribution < 1.29 is 4.57 Å². The Hall–Kier alpha value is -1.57. The van der Waals surface area contributed by atoms with Gasteiger partial charge >= 0.3 is 0 Å². The van der Waals surface area contributed by atoms with E-state index in [4.69, 9.17) is 0 Å². The van der Waals surface area contributed by atoms with Crippen molar-refractivity contribution in [2.24, 2.45) is 5.92 Å². The first kappa shape index (κ1) is 37.6. The number of aromatic nitrogens is 2. The van der Waals surface area contributed by atoms with E-state index in [2.05, 4.69) is 72.5 Å². The summed E-state index contributed by atoms with van der Waals surface area (Å²) >= 11 is 0. The van der Waals surface area contributed by atoms with Crippen LogP contribution in [0.2, 0.25) is 0 Å². The second-order valence-corrected chi connectivity index (χ2v) is 13.8. The Morgan fingerprint density at radius 3 is 1.35 bits per heavy atom. The summed E-state index contributed by atoms with van der Waals surface area (Å²) in [5.74, 6) is 0.712. The standard InChI is InChI=1S/C41H72N2/c1-3-5-7-9-11-13-14-15-16-17-18-19-21-23-25-30-34-41(43-36-35-42-38-43)40(37-39-31-27-26-28-32-39)33-29-24-22-20-12-10-8-6-4-2/h26-28,31-32,35-36,38,40-41H,3-25,29-30,33-34,37H2,1-2H3/p+1. The van der Waals surface area contributed by atoms with E-state index in [1.165, 1.54) is 185 Å². The molecule has 2 unspecified atom stereocenters. The lowest BCUT2D eigenvalue weighted by Crippen LogP contribution is -2.42. The van der Waals surface area contributed by atoms with E-state index in [0.29, 0.717) is 12.0 Å². The largest absolute Gasteiger partial charge is 0.250 e. The molecule has 0 aliphatic heterocycles. The molecule has 2 rings (SSSR count). The van der Waals surface area contributed by atoms with Crippen molar-refractivity contribution in [3.05, 3.63) is 54.6 Å². The molecule has 2 nitrogen and oxygen atoms in total. The van der Waals surface area contributed by atoms with Gasteiger partial charge in [0.2, 0.25) is 6.33 Å². The quantitative estimate of drug-likeness (QED) is 0.0662. The maximum absolute atomic E-state index is 3.35. The van der Waals surface area contributed by atoms with Gasteiger partial charge in [-0.1, -0.05) is 198 Å². The average Bonchev–Trinajstić information content (AvgIpc) is 3.57. The third-order valence-electron chi connectivity index (χ3n) is 9.87. The van der Waals surface area contributed by atoms with E-state index in [-0.39, 0.29) is 0 Å². The highest BCUT2D eigenvalue weighted by Crippen LogP contribution is 2.29. The summed E-state index contributed by atoms with van der Waals surface area (Å²) in [7, 11) is 0. The van der Waals surface area contributed by atoms with Gasteiger partial charge in [0.1, 0.15) is 18.4 Å². The Morgan fingerprint density at radius 2 is 0.930 bits per heavy atom. The summed E-state index contributed by atoms with van der Waals surface area (Å²) in [6.07, 6.45) is 46.2. The van der Waals surface area contributed by atoms with Crippen molar-refractivity contribution in [3.63, 3.8) is 0 Å². The molecule has 0 radical (unpaired) electrons. The predicted molar refractivity (Wildman–Crippen MR) is 190 cm³/mol. The number of aromatic amines is 1. The maximum Gasteiger partial charge on any atom is 0.241 e. The Kier molecular flexibility index (Phi) is 24.4. The van der Waals surface area contributed by atoms with Crippen LogP contribution in [0.15, 0.2) is 49.1 Å². The molecule has 0 amide bonds. The van der Waals surface area contributed by atoms with Gasteiger partial charge in [-0.15, -0.1) is 0 Å². The molecule has 0 fully saturated rings. The molecule has 1 aromatic heterocycles. The molecule has 1 N–H and O–H groups in total. The van der Waals surface area contributed by atoms with Crippen LogP contribution in [0.3, 0.4) is 0 Å². The van der Waals surface area contributed by atoms with E-state index < -0.39 is 0 Å². The number of rotatable bonds is 31. The first-order valence-electron chi connectivity index (χ1n) is 19.4. The molecule has 0 aliphatic rings. The van der Waals surface area contributed by atoms with Gasteiger partial charge in [0.25, 0.3) is 0 Å². The molecule has 0 aliphatic carbocycles. The summed E-state index contributed by atoms with van der Waals surface area (Å²) in [5.41, 5.74) is 1.51. The lowest BCUT2D eigenvalue weighted by Gasteiger charge is -2.25. The monoisotopic (exact) mass is 594 g/mol. The summed E-state index contributed by atoms with van der Waals surface area (Å²) in [6.45, 7) is 4.62. The van der Waals surface area contributed by atoms with Crippen molar-refractivity contribution in [2.45, 2.75) is 200 Å². The lowest BCUT2D eigenvalue weighted by molar-refractivity contribution is -0.730. The van der Waals surface area contributed by atoms with Crippen molar-refractivity contribution in [3.8, 4) is 0 Å². The van der Waals surface area contributed by atoms with Crippen molar-refractivity contribution in [1.82, 2.24) is 4.98 Å². The number of nitrogens with one attached hydrogen (secondary N) is 1. The van der Waals surface area contributed by atoms with Gasteiger partial charge in [-0.25, -0.2) is 4.57 Å². The van der Waals surface area contributed by atoms with Crippen LogP contribution in [0.5, 0.6) is 0 Å². The minimum absolute atomic E-state index is 0.604. The summed E-state index contributed by atoms with van der Waals surface area (Å²) in [4.78, 5) is 3.35. The molecule has 246 valence electrons. The second-order valence-electron chi connectivity index (χ2n) is 13.8. The van der Waals surface area contributed by atoms with Gasteiger partial charge in [0.05, 0.1) is 0 Å². The van der Waals surface area contributed by atoms with Crippen molar-refractivity contribution >= 4 is 0 Å². The van der Waals surface area contributed by atoms with E-state index in [0.717, 1.165) is 0 Å². The van der Waals surface area contributed by atoms with Gasteiger partial charge in [-0.05, 0) is 31.2 Å². The van der Waals surface area contributed by atoms with E-state index in [9.17, 15) is 0 Å². The SMILES string of the molecule is CCCCCCCCCCCCCCCCCCC(C(CCCCCCCCCCC)Cc1ccccc1)[n+]1cc[nH]c1. The van der Waals surface area contributed by atoms with Crippen LogP contribution < -0.4 is 4.57 Å². The zero-order valence-corrected chi connectivity index (χ0v) is 29.0. The summed E-state index contributed by atoms with van der Waals surface area (Å²) in [5, 5.41) is 0.